The summed E-state index contributed by atoms with van der Waals surface area (Å²) in [6.45, 7) is 0.183. The second kappa shape index (κ2) is 3.55. The zero-order chi connectivity index (χ0) is 9.97. The summed E-state index contributed by atoms with van der Waals surface area (Å²) in [5, 5.41) is 3.67. The number of rotatable bonds is 2. The van der Waals surface area contributed by atoms with Crippen molar-refractivity contribution in [1.29, 1.82) is 0 Å². The summed E-state index contributed by atoms with van der Waals surface area (Å²) in [6.07, 6.45) is 0. The van der Waals surface area contributed by atoms with Crippen molar-refractivity contribution in [2.24, 2.45) is 5.73 Å². The molecular formula is C9H8FN3O. The monoisotopic (exact) mass is 193 g/mol. The molecule has 1 heterocycles. The van der Waals surface area contributed by atoms with Crippen LogP contribution >= 0.6 is 0 Å². The molecule has 0 aliphatic heterocycles. The van der Waals surface area contributed by atoms with E-state index in [0.717, 1.165) is 0 Å². The molecule has 0 aliphatic rings. The van der Waals surface area contributed by atoms with E-state index in [-0.39, 0.29) is 12.4 Å². The fourth-order valence-electron chi connectivity index (χ4n) is 1.08. The van der Waals surface area contributed by atoms with Crippen molar-refractivity contribution in [3.8, 4) is 11.4 Å². The van der Waals surface area contributed by atoms with E-state index in [0.29, 0.717) is 17.3 Å². The Morgan fingerprint density at radius 1 is 1.43 bits per heavy atom. The van der Waals surface area contributed by atoms with Crippen LogP contribution in [0.5, 0.6) is 0 Å². The first-order chi connectivity index (χ1) is 6.79. The molecule has 5 heteroatoms. The number of hydrogen-bond acceptors (Lipinski definition) is 4. The molecule has 0 aliphatic carbocycles. The number of aromatic nitrogens is 2. The Balaban J connectivity index is 2.39. The first-order valence-corrected chi connectivity index (χ1v) is 4.08. The van der Waals surface area contributed by atoms with Gasteiger partial charge in [0.25, 0.3) is 0 Å². The summed E-state index contributed by atoms with van der Waals surface area (Å²) in [4.78, 5) is 3.97. The van der Waals surface area contributed by atoms with Crippen LogP contribution in [0.2, 0.25) is 0 Å². The molecule has 0 fully saturated rings. The van der Waals surface area contributed by atoms with Crippen LogP contribution < -0.4 is 5.73 Å². The lowest BCUT2D eigenvalue weighted by molar-refractivity contribution is 0.380. The first kappa shape index (κ1) is 8.83. The zero-order valence-corrected chi connectivity index (χ0v) is 7.27. The second-order valence-electron chi connectivity index (χ2n) is 2.73. The van der Waals surface area contributed by atoms with Crippen LogP contribution in [0.1, 0.15) is 5.89 Å². The molecule has 14 heavy (non-hydrogen) atoms. The number of nitrogens with zero attached hydrogens (tertiary/aromatic N) is 2. The summed E-state index contributed by atoms with van der Waals surface area (Å²) >= 11 is 0. The van der Waals surface area contributed by atoms with E-state index < -0.39 is 0 Å². The molecule has 0 unspecified atom stereocenters. The molecule has 1 aromatic carbocycles. The quantitative estimate of drug-likeness (QED) is 0.781. The van der Waals surface area contributed by atoms with E-state index in [2.05, 4.69) is 10.1 Å². The topological polar surface area (TPSA) is 64.9 Å². The molecule has 0 atom stereocenters. The molecule has 72 valence electrons. The lowest BCUT2D eigenvalue weighted by Crippen LogP contribution is -1.95. The highest BCUT2D eigenvalue weighted by atomic mass is 19.1. The molecule has 0 saturated heterocycles. The van der Waals surface area contributed by atoms with E-state index in [4.69, 9.17) is 10.3 Å². The van der Waals surface area contributed by atoms with E-state index in [1.807, 2.05) is 0 Å². The van der Waals surface area contributed by atoms with Gasteiger partial charge in [-0.25, -0.2) is 4.39 Å². The van der Waals surface area contributed by atoms with Crippen molar-refractivity contribution in [1.82, 2.24) is 10.1 Å². The Morgan fingerprint density at radius 2 is 2.29 bits per heavy atom. The SMILES string of the molecule is NCc1nc(-c2cccc(F)c2)no1. The summed E-state index contributed by atoms with van der Waals surface area (Å²) < 4.78 is 17.6. The number of nitrogens with two attached hydrogens (primary N) is 1. The van der Waals surface area contributed by atoms with Gasteiger partial charge in [0.1, 0.15) is 5.82 Å². The highest BCUT2D eigenvalue weighted by Crippen LogP contribution is 2.16. The molecule has 4 nitrogen and oxygen atoms in total. The van der Waals surface area contributed by atoms with Gasteiger partial charge in [-0.05, 0) is 12.1 Å². The summed E-state index contributed by atoms with van der Waals surface area (Å²) in [7, 11) is 0. The van der Waals surface area contributed by atoms with Gasteiger partial charge < -0.3 is 10.3 Å². The molecule has 1 aromatic heterocycles. The van der Waals surface area contributed by atoms with Crippen molar-refractivity contribution in [3.63, 3.8) is 0 Å². The van der Waals surface area contributed by atoms with Gasteiger partial charge in [-0.15, -0.1) is 0 Å². The molecule has 0 spiro atoms. The molecular weight excluding hydrogens is 185 g/mol. The van der Waals surface area contributed by atoms with Gasteiger partial charge in [0.05, 0.1) is 6.54 Å². The lowest BCUT2D eigenvalue weighted by Gasteiger charge is -1.92. The normalized spacial score (nSPS) is 10.4. The fourth-order valence-corrected chi connectivity index (χ4v) is 1.08. The molecule has 0 amide bonds. The van der Waals surface area contributed by atoms with Gasteiger partial charge in [-0.2, -0.15) is 4.98 Å². The molecule has 2 rings (SSSR count). The van der Waals surface area contributed by atoms with Gasteiger partial charge in [0.15, 0.2) is 0 Å². The third kappa shape index (κ3) is 1.62. The standard InChI is InChI=1S/C9H8FN3O/c10-7-3-1-2-6(4-7)9-12-8(5-11)14-13-9/h1-4H,5,11H2. The van der Waals surface area contributed by atoms with E-state index in [1.54, 1.807) is 12.1 Å². The second-order valence-corrected chi connectivity index (χ2v) is 2.73. The maximum atomic E-state index is 12.8. The Hall–Kier alpha value is -1.75. The maximum absolute atomic E-state index is 12.8. The average Bonchev–Trinajstić information content (AvgIpc) is 2.66. The fraction of sp³-hybridized carbons (Fsp3) is 0.111. The van der Waals surface area contributed by atoms with E-state index in [9.17, 15) is 4.39 Å². The van der Waals surface area contributed by atoms with Crippen LogP contribution in [-0.4, -0.2) is 10.1 Å². The Kier molecular flexibility index (Phi) is 2.24. The minimum absolute atomic E-state index is 0.183. The Morgan fingerprint density at radius 3 is 2.93 bits per heavy atom. The molecule has 2 N–H and O–H groups in total. The maximum Gasteiger partial charge on any atom is 0.240 e. The zero-order valence-electron chi connectivity index (χ0n) is 7.27. The molecule has 0 saturated carbocycles. The van der Waals surface area contributed by atoms with Crippen molar-refractivity contribution < 1.29 is 8.91 Å². The van der Waals surface area contributed by atoms with Crippen LogP contribution in [0.3, 0.4) is 0 Å². The Bertz CT molecular complexity index is 441. The van der Waals surface area contributed by atoms with Crippen LogP contribution in [0.25, 0.3) is 11.4 Å². The molecule has 0 bridgehead atoms. The van der Waals surface area contributed by atoms with E-state index >= 15 is 0 Å². The van der Waals surface area contributed by atoms with E-state index in [1.165, 1.54) is 12.1 Å². The average molecular weight is 193 g/mol. The summed E-state index contributed by atoms with van der Waals surface area (Å²) in [5.41, 5.74) is 5.88. The van der Waals surface area contributed by atoms with Gasteiger partial charge in [-0.3, -0.25) is 0 Å². The van der Waals surface area contributed by atoms with Gasteiger partial charge in [-0.1, -0.05) is 17.3 Å². The van der Waals surface area contributed by atoms with Crippen LogP contribution in [0.4, 0.5) is 4.39 Å². The third-order valence-electron chi connectivity index (χ3n) is 1.73. The minimum Gasteiger partial charge on any atom is -0.338 e. The predicted octanol–water partition coefficient (Wildman–Crippen LogP) is 1.33. The molecule has 0 radical (unpaired) electrons. The first-order valence-electron chi connectivity index (χ1n) is 4.08. The van der Waals surface area contributed by atoms with Crippen molar-refractivity contribution in [2.75, 3.05) is 0 Å². The number of hydrogen-bond donors (Lipinski definition) is 1. The minimum atomic E-state index is -0.332. The summed E-state index contributed by atoms with van der Waals surface area (Å²) in [5.74, 6) is 0.357. The predicted molar refractivity (Wildman–Crippen MR) is 47.6 cm³/mol. The number of halogens is 1. The van der Waals surface area contributed by atoms with Crippen LogP contribution in [0, 0.1) is 5.82 Å². The van der Waals surface area contributed by atoms with Gasteiger partial charge >= 0.3 is 0 Å². The Labute approximate surface area is 79.5 Å². The summed E-state index contributed by atoms with van der Waals surface area (Å²) in [6, 6.07) is 5.98. The largest absolute Gasteiger partial charge is 0.338 e. The van der Waals surface area contributed by atoms with Crippen molar-refractivity contribution >= 4 is 0 Å². The lowest BCUT2D eigenvalue weighted by atomic mass is 10.2. The third-order valence-corrected chi connectivity index (χ3v) is 1.73. The number of benzene rings is 1. The van der Waals surface area contributed by atoms with Crippen molar-refractivity contribution in [3.05, 3.63) is 36.0 Å². The van der Waals surface area contributed by atoms with Gasteiger partial charge in [0, 0.05) is 5.56 Å². The van der Waals surface area contributed by atoms with Crippen LogP contribution in [0.15, 0.2) is 28.8 Å². The smallest absolute Gasteiger partial charge is 0.240 e. The van der Waals surface area contributed by atoms with Crippen molar-refractivity contribution in [2.45, 2.75) is 6.54 Å². The van der Waals surface area contributed by atoms with Gasteiger partial charge in [0.2, 0.25) is 11.7 Å². The highest BCUT2D eigenvalue weighted by molar-refractivity contribution is 5.53. The highest BCUT2D eigenvalue weighted by Gasteiger charge is 2.07. The van der Waals surface area contributed by atoms with Crippen LogP contribution in [-0.2, 0) is 6.54 Å². The molecule has 2 aromatic rings.